The standard InChI is InChI=1S/C13H23F3N4O/c1-11(2)8-17-9-12-10-20(19-18-12)5-7-21-6-3-4-13(14,15)16/h10-11,17H,3-9H2,1-2H3. The lowest BCUT2D eigenvalue weighted by Gasteiger charge is -2.06. The molecule has 122 valence electrons. The van der Waals surface area contributed by atoms with Crippen molar-refractivity contribution in [3.63, 3.8) is 0 Å². The van der Waals surface area contributed by atoms with E-state index in [0.29, 0.717) is 25.6 Å². The van der Waals surface area contributed by atoms with Gasteiger partial charge in [0.1, 0.15) is 0 Å². The molecule has 5 nitrogen and oxygen atoms in total. The van der Waals surface area contributed by atoms with Gasteiger partial charge in [-0.25, -0.2) is 4.68 Å². The molecular weight excluding hydrogens is 285 g/mol. The van der Waals surface area contributed by atoms with E-state index in [1.54, 1.807) is 4.68 Å². The summed E-state index contributed by atoms with van der Waals surface area (Å²) in [4.78, 5) is 0. The second-order valence-electron chi connectivity index (χ2n) is 5.33. The third kappa shape index (κ3) is 9.41. The summed E-state index contributed by atoms with van der Waals surface area (Å²) in [6.45, 7) is 6.75. The van der Waals surface area contributed by atoms with E-state index in [1.165, 1.54) is 0 Å². The minimum absolute atomic E-state index is 0.00870. The van der Waals surface area contributed by atoms with Gasteiger partial charge >= 0.3 is 6.18 Å². The quantitative estimate of drug-likeness (QED) is 0.674. The first-order chi connectivity index (χ1) is 9.87. The SMILES string of the molecule is CC(C)CNCc1cn(CCOCCCC(F)(F)F)nn1. The number of ether oxygens (including phenoxy) is 1. The summed E-state index contributed by atoms with van der Waals surface area (Å²) >= 11 is 0. The normalized spacial score (nSPS) is 12.3. The van der Waals surface area contributed by atoms with E-state index < -0.39 is 12.6 Å². The average Bonchev–Trinajstić information content (AvgIpc) is 2.80. The van der Waals surface area contributed by atoms with Crippen LogP contribution in [0.5, 0.6) is 0 Å². The first kappa shape index (κ1) is 17.9. The molecule has 1 aromatic rings. The topological polar surface area (TPSA) is 52.0 Å². The Bertz CT molecular complexity index is 393. The van der Waals surface area contributed by atoms with E-state index in [1.807, 2.05) is 6.20 Å². The lowest BCUT2D eigenvalue weighted by molar-refractivity contribution is -0.137. The van der Waals surface area contributed by atoms with Crippen LogP contribution in [0.1, 0.15) is 32.4 Å². The maximum absolute atomic E-state index is 11.9. The van der Waals surface area contributed by atoms with Crippen molar-refractivity contribution in [2.24, 2.45) is 5.92 Å². The Labute approximate surface area is 122 Å². The van der Waals surface area contributed by atoms with Crippen LogP contribution in [-0.4, -0.2) is 40.9 Å². The Kier molecular flexibility index (Phi) is 7.66. The zero-order valence-corrected chi connectivity index (χ0v) is 12.5. The number of hydrogen-bond acceptors (Lipinski definition) is 4. The third-order valence-corrected chi connectivity index (χ3v) is 2.66. The van der Waals surface area contributed by atoms with Gasteiger partial charge in [0.2, 0.25) is 0 Å². The Balaban J connectivity index is 2.09. The smallest absolute Gasteiger partial charge is 0.380 e. The molecule has 0 amide bonds. The minimum atomic E-state index is -4.10. The predicted octanol–water partition coefficient (Wildman–Crippen LogP) is 2.38. The van der Waals surface area contributed by atoms with E-state index in [9.17, 15) is 13.2 Å². The van der Waals surface area contributed by atoms with Crippen molar-refractivity contribution < 1.29 is 17.9 Å². The van der Waals surface area contributed by atoms with Gasteiger partial charge in [-0.2, -0.15) is 13.2 Å². The Hall–Kier alpha value is -1.15. The molecule has 0 aliphatic rings. The number of halogens is 3. The molecule has 0 unspecified atom stereocenters. The van der Waals surface area contributed by atoms with Gasteiger partial charge in [-0.1, -0.05) is 19.1 Å². The summed E-state index contributed by atoms with van der Waals surface area (Å²) < 4.78 is 42.5. The van der Waals surface area contributed by atoms with Crippen LogP contribution in [0, 0.1) is 5.92 Å². The van der Waals surface area contributed by atoms with Crippen LogP contribution in [0.3, 0.4) is 0 Å². The fraction of sp³-hybridized carbons (Fsp3) is 0.846. The van der Waals surface area contributed by atoms with Crippen molar-refractivity contribution in [1.29, 1.82) is 0 Å². The first-order valence-electron chi connectivity index (χ1n) is 7.11. The summed E-state index contributed by atoms with van der Waals surface area (Å²) in [5.41, 5.74) is 0.840. The second kappa shape index (κ2) is 8.99. The van der Waals surface area contributed by atoms with E-state index in [0.717, 1.165) is 12.2 Å². The van der Waals surface area contributed by atoms with E-state index >= 15 is 0 Å². The maximum atomic E-state index is 11.9. The molecule has 0 aliphatic carbocycles. The Morgan fingerprint density at radius 3 is 2.76 bits per heavy atom. The summed E-state index contributed by atoms with van der Waals surface area (Å²) in [6.07, 6.45) is -3.10. The molecule has 0 saturated carbocycles. The molecule has 0 aromatic carbocycles. The van der Waals surface area contributed by atoms with Crippen LogP contribution in [0.15, 0.2) is 6.20 Å². The Morgan fingerprint density at radius 2 is 2.10 bits per heavy atom. The zero-order chi connectivity index (χ0) is 15.7. The molecule has 1 rings (SSSR count). The summed E-state index contributed by atoms with van der Waals surface area (Å²) in [5, 5.41) is 11.2. The first-order valence-corrected chi connectivity index (χ1v) is 7.11. The van der Waals surface area contributed by atoms with Crippen LogP contribution >= 0.6 is 0 Å². The zero-order valence-electron chi connectivity index (χ0n) is 12.5. The molecule has 0 saturated heterocycles. The van der Waals surface area contributed by atoms with Gasteiger partial charge in [0.25, 0.3) is 0 Å². The van der Waals surface area contributed by atoms with Gasteiger partial charge in [-0.15, -0.1) is 5.10 Å². The van der Waals surface area contributed by atoms with E-state index in [-0.39, 0.29) is 13.0 Å². The molecule has 8 heteroatoms. The lowest BCUT2D eigenvalue weighted by Crippen LogP contribution is -2.19. The van der Waals surface area contributed by atoms with Crippen molar-refractivity contribution in [3.8, 4) is 0 Å². The molecular formula is C13H23F3N4O. The van der Waals surface area contributed by atoms with Gasteiger partial charge in [-0.05, 0) is 18.9 Å². The maximum Gasteiger partial charge on any atom is 0.389 e. The van der Waals surface area contributed by atoms with Crippen molar-refractivity contribution in [3.05, 3.63) is 11.9 Å². The highest BCUT2D eigenvalue weighted by Gasteiger charge is 2.25. The number of aromatic nitrogens is 3. The second-order valence-corrected chi connectivity index (χ2v) is 5.33. The predicted molar refractivity (Wildman–Crippen MR) is 72.7 cm³/mol. The lowest BCUT2D eigenvalue weighted by atomic mass is 10.2. The molecule has 0 aliphatic heterocycles. The minimum Gasteiger partial charge on any atom is -0.380 e. The van der Waals surface area contributed by atoms with Gasteiger partial charge in [0, 0.05) is 25.8 Å². The fourth-order valence-electron chi connectivity index (χ4n) is 1.65. The molecule has 21 heavy (non-hydrogen) atoms. The van der Waals surface area contributed by atoms with Crippen LogP contribution in [0.25, 0.3) is 0 Å². The summed E-state index contributed by atoms with van der Waals surface area (Å²) in [6, 6.07) is 0. The highest BCUT2D eigenvalue weighted by atomic mass is 19.4. The number of hydrogen-bond donors (Lipinski definition) is 1. The van der Waals surface area contributed by atoms with Crippen molar-refractivity contribution >= 4 is 0 Å². The van der Waals surface area contributed by atoms with Gasteiger partial charge in [0.15, 0.2) is 0 Å². The number of rotatable bonds is 10. The van der Waals surface area contributed by atoms with E-state index in [4.69, 9.17) is 4.74 Å². The number of alkyl halides is 3. The van der Waals surface area contributed by atoms with Crippen molar-refractivity contribution in [2.45, 2.75) is 46.0 Å². The highest BCUT2D eigenvalue weighted by Crippen LogP contribution is 2.20. The molecule has 1 aromatic heterocycles. The van der Waals surface area contributed by atoms with Crippen LogP contribution < -0.4 is 5.32 Å². The Morgan fingerprint density at radius 1 is 1.33 bits per heavy atom. The number of nitrogens with zero attached hydrogens (tertiary/aromatic N) is 3. The van der Waals surface area contributed by atoms with Crippen LogP contribution in [0.2, 0.25) is 0 Å². The van der Waals surface area contributed by atoms with Gasteiger partial charge in [0.05, 0.1) is 18.8 Å². The largest absolute Gasteiger partial charge is 0.389 e. The molecule has 0 spiro atoms. The molecule has 0 atom stereocenters. The molecule has 1 heterocycles. The van der Waals surface area contributed by atoms with Gasteiger partial charge in [-0.3, -0.25) is 0 Å². The molecule has 0 radical (unpaired) electrons. The summed E-state index contributed by atoms with van der Waals surface area (Å²) in [5.74, 6) is 0.574. The van der Waals surface area contributed by atoms with E-state index in [2.05, 4.69) is 29.5 Å². The third-order valence-electron chi connectivity index (χ3n) is 2.66. The molecule has 0 bridgehead atoms. The monoisotopic (exact) mass is 308 g/mol. The van der Waals surface area contributed by atoms with Crippen molar-refractivity contribution in [2.75, 3.05) is 19.8 Å². The summed E-state index contributed by atoms with van der Waals surface area (Å²) in [7, 11) is 0. The van der Waals surface area contributed by atoms with Gasteiger partial charge < -0.3 is 10.1 Å². The molecule has 1 N–H and O–H groups in total. The fourth-order valence-corrected chi connectivity index (χ4v) is 1.65. The average molecular weight is 308 g/mol. The van der Waals surface area contributed by atoms with Crippen LogP contribution in [0.4, 0.5) is 13.2 Å². The van der Waals surface area contributed by atoms with Crippen LogP contribution in [-0.2, 0) is 17.8 Å². The molecule has 0 fully saturated rings. The highest BCUT2D eigenvalue weighted by molar-refractivity contribution is 4.91. The number of nitrogens with one attached hydrogen (secondary N) is 1. The van der Waals surface area contributed by atoms with Crippen molar-refractivity contribution in [1.82, 2.24) is 20.3 Å².